The lowest BCUT2D eigenvalue weighted by Crippen LogP contribution is -2.31. The Balaban J connectivity index is 2.33. The number of hydrogen-bond acceptors (Lipinski definition) is 4. The third-order valence-electron chi connectivity index (χ3n) is 3.61. The molecule has 124 valence electrons. The molecule has 2 rings (SSSR count). The van der Waals surface area contributed by atoms with Crippen molar-refractivity contribution in [3.05, 3.63) is 38.7 Å². The zero-order chi connectivity index (χ0) is 16.8. The van der Waals surface area contributed by atoms with Gasteiger partial charge in [0.2, 0.25) is 0 Å². The molecule has 0 radical (unpaired) electrons. The summed E-state index contributed by atoms with van der Waals surface area (Å²) in [6.07, 6.45) is 5.20. The van der Waals surface area contributed by atoms with Crippen molar-refractivity contribution in [3.8, 4) is 0 Å². The molecule has 7 nitrogen and oxygen atoms in total. The van der Waals surface area contributed by atoms with Gasteiger partial charge in [0.1, 0.15) is 5.65 Å². The van der Waals surface area contributed by atoms with E-state index in [4.69, 9.17) is 0 Å². The van der Waals surface area contributed by atoms with Gasteiger partial charge >= 0.3 is 5.69 Å². The number of H-pyrrole nitrogens is 1. The molecular formula is C16H22N4O3. The summed E-state index contributed by atoms with van der Waals surface area (Å²) >= 11 is 0. The Bertz CT molecular complexity index is 807. The van der Waals surface area contributed by atoms with E-state index in [2.05, 4.69) is 22.2 Å². The number of unbranched alkanes of at least 4 members (excludes halogenated alkanes) is 2. The van der Waals surface area contributed by atoms with Gasteiger partial charge < -0.3 is 5.32 Å². The Morgan fingerprint density at radius 3 is 2.74 bits per heavy atom. The van der Waals surface area contributed by atoms with Gasteiger partial charge in [-0.3, -0.25) is 19.1 Å². The molecule has 2 N–H and O–H groups in total. The third-order valence-corrected chi connectivity index (χ3v) is 3.61. The van der Waals surface area contributed by atoms with E-state index in [9.17, 15) is 14.4 Å². The predicted octanol–water partition coefficient (Wildman–Crippen LogP) is 1.41. The second-order valence-corrected chi connectivity index (χ2v) is 5.47. The Kier molecular flexibility index (Phi) is 5.67. The highest BCUT2D eigenvalue weighted by Gasteiger charge is 2.12. The van der Waals surface area contributed by atoms with Gasteiger partial charge in [0.25, 0.3) is 11.5 Å². The molecule has 0 aliphatic heterocycles. The summed E-state index contributed by atoms with van der Waals surface area (Å²) in [7, 11) is 0. The predicted molar refractivity (Wildman–Crippen MR) is 88.8 cm³/mol. The van der Waals surface area contributed by atoms with Crippen LogP contribution in [-0.4, -0.2) is 27.0 Å². The summed E-state index contributed by atoms with van der Waals surface area (Å²) in [6, 6.07) is 1.49. The minimum atomic E-state index is -0.523. The summed E-state index contributed by atoms with van der Waals surface area (Å²) in [6.45, 7) is 5.08. The van der Waals surface area contributed by atoms with Crippen molar-refractivity contribution in [2.24, 2.45) is 0 Å². The molecule has 0 aliphatic rings. The molecule has 0 fully saturated rings. The average Bonchev–Trinajstić information content (AvgIpc) is 2.55. The van der Waals surface area contributed by atoms with Gasteiger partial charge in [-0.05, 0) is 18.9 Å². The number of fused-ring (bicyclic) bond motifs is 1. The lowest BCUT2D eigenvalue weighted by Gasteiger charge is -2.09. The number of aromatic amines is 1. The van der Waals surface area contributed by atoms with Crippen LogP contribution in [0.4, 0.5) is 0 Å². The first kappa shape index (κ1) is 16.9. The van der Waals surface area contributed by atoms with Crippen molar-refractivity contribution < 1.29 is 4.79 Å². The molecule has 2 aromatic heterocycles. The van der Waals surface area contributed by atoms with Crippen molar-refractivity contribution in [1.82, 2.24) is 19.9 Å². The Morgan fingerprint density at radius 2 is 2.04 bits per heavy atom. The van der Waals surface area contributed by atoms with E-state index < -0.39 is 11.2 Å². The van der Waals surface area contributed by atoms with Crippen LogP contribution < -0.4 is 16.6 Å². The fourth-order valence-electron chi connectivity index (χ4n) is 2.40. The van der Waals surface area contributed by atoms with Crippen molar-refractivity contribution in [2.45, 2.75) is 46.1 Å². The summed E-state index contributed by atoms with van der Waals surface area (Å²) in [5.41, 5.74) is -0.372. The molecular weight excluding hydrogens is 296 g/mol. The molecule has 0 unspecified atom stereocenters. The average molecular weight is 318 g/mol. The van der Waals surface area contributed by atoms with Crippen molar-refractivity contribution in [2.75, 3.05) is 6.54 Å². The summed E-state index contributed by atoms with van der Waals surface area (Å²) in [5, 5.41) is 3.06. The number of amides is 1. The number of carbonyl (C=O) groups is 1. The van der Waals surface area contributed by atoms with E-state index in [0.29, 0.717) is 24.3 Å². The lowest BCUT2D eigenvalue weighted by molar-refractivity contribution is 0.0953. The zero-order valence-corrected chi connectivity index (χ0v) is 13.5. The smallest absolute Gasteiger partial charge is 0.329 e. The Morgan fingerprint density at radius 1 is 1.26 bits per heavy atom. The van der Waals surface area contributed by atoms with E-state index in [1.165, 1.54) is 16.8 Å². The number of hydrogen-bond donors (Lipinski definition) is 2. The van der Waals surface area contributed by atoms with E-state index >= 15 is 0 Å². The number of carbonyl (C=O) groups excluding carboxylic acids is 1. The van der Waals surface area contributed by atoms with Gasteiger partial charge in [0.15, 0.2) is 0 Å². The minimum absolute atomic E-state index is 0.249. The van der Waals surface area contributed by atoms with Gasteiger partial charge in [0.05, 0.1) is 10.9 Å². The van der Waals surface area contributed by atoms with Crippen LogP contribution in [0.5, 0.6) is 0 Å². The molecule has 1 amide bonds. The molecule has 2 aromatic rings. The van der Waals surface area contributed by atoms with Crippen LogP contribution in [0.1, 0.15) is 49.9 Å². The normalized spacial score (nSPS) is 10.9. The SMILES string of the molecule is CCCCCNC(=O)c1cnc2c(c1)c(=O)[nH]c(=O)n2CCC. The maximum Gasteiger partial charge on any atom is 0.329 e. The van der Waals surface area contributed by atoms with Gasteiger partial charge in [-0.25, -0.2) is 9.78 Å². The summed E-state index contributed by atoms with van der Waals surface area (Å²) in [5.74, 6) is -0.261. The number of aromatic nitrogens is 3. The van der Waals surface area contributed by atoms with Gasteiger partial charge in [-0.1, -0.05) is 26.7 Å². The topological polar surface area (TPSA) is 96.8 Å². The summed E-state index contributed by atoms with van der Waals surface area (Å²) < 4.78 is 1.42. The zero-order valence-electron chi connectivity index (χ0n) is 13.5. The van der Waals surface area contributed by atoms with Crippen LogP contribution in [0, 0.1) is 0 Å². The first-order chi connectivity index (χ1) is 11.1. The molecule has 0 spiro atoms. The van der Waals surface area contributed by atoms with Crippen LogP contribution in [0.2, 0.25) is 0 Å². The molecule has 0 saturated heterocycles. The van der Waals surface area contributed by atoms with Crippen molar-refractivity contribution in [3.63, 3.8) is 0 Å². The summed E-state index contributed by atoms with van der Waals surface area (Å²) in [4.78, 5) is 42.4. The standard InChI is InChI=1S/C16H22N4O3/c1-3-5-6-7-17-14(21)11-9-12-13(18-10-11)20(8-4-2)16(23)19-15(12)22/h9-10H,3-8H2,1-2H3,(H,17,21)(H,19,22,23). The highest BCUT2D eigenvalue weighted by molar-refractivity contribution is 5.96. The van der Waals surface area contributed by atoms with E-state index in [1.807, 2.05) is 6.92 Å². The van der Waals surface area contributed by atoms with Gasteiger partial charge in [0, 0.05) is 19.3 Å². The van der Waals surface area contributed by atoms with Gasteiger partial charge in [-0.2, -0.15) is 0 Å². The first-order valence-electron chi connectivity index (χ1n) is 7.99. The highest BCUT2D eigenvalue weighted by Crippen LogP contribution is 2.08. The minimum Gasteiger partial charge on any atom is -0.352 e. The number of aryl methyl sites for hydroxylation is 1. The molecule has 23 heavy (non-hydrogen) atoms. The third kappa shape index (κ3) is 3.85. The van der Waals surface area contributed by atoms with Crippen molar-refractivity contribution in [1.29, 1.82) is 0 Å². The molecule has 0 aliphatic carbocycles. The fourth-order valence-corrected chi connectivity index (χ4v) is 2.40. The van der Waals surface area contributed by atoms with Crippen LogP contribution >= 0.6 is 0 Å². The van der Waals surface area contributed by atoms with Crippen LogP contribution in [-0.2, 0) is 6.54 Å². The second-order valence-electron chi connectivity index (χ2n) is 5.47. The van der Waals surface area contributed by atoms with E-state index in [-0.39, 0.29) is 11.3 Å². The number of nitrogens with one attached hydrogen (secondary N) is 2. The maximum atomic E-state index is 12.1. The Labute approximate surface area is 133 Å². The van der Waals surface area contributed by atoms with E-state index in [0.717, 1.165) is 25.7 Å². The van der Waals surface area contributed by atoms with Crippen molar-refractivity contribution >= 4 is 16.9 Å². The second kappa shape index (κ2) is 7.71. The first-order valence-corrected chi connectivity index (χ1v) is 7.99. The molecule has 0 saturated carbocycles. The lowest BCUT2D eigenvalue weighted by atomic mass is 10.2. The monoisotopic (exact) mass is 318 g/mol. The Hall–Kier alpha value is -2.44. The van der Waals surface area contributed by atoms with E-state index in [1.54, 1.807) is 0 Å². The maximum absolute atomic E-state index is 12.1. The van der Waals surface area contributed by atoms with Crippen LogP contribution in [0.25, 0.3) is 11.0 Å². The number of nitrogens with zero attached hydrogens (tertiary/aromatic N) is 2. The largest absolute Gasteiger partial charge is 0.352 e. The molecule has 0 bridgehead atoms. The quantitative estimate of drug-likeness (QED) is 0.754. The molecule has 0 aromatic carbocycles. The highest BCUT2D eigenvalue weighted by atomic mass is 16.2. The number of rotatable bonds is 7. The van der Waals surface area contributed by atoms with Crippen LogP contribution in [0.15, 0.2) is 21.9 Å². The number of pyridine rings is 1. The fraction of sp³-hybridized carbons (Fsp3) is 0.500. The molecule has 2 heterocycles. The molecule has 7 heteroatoms. The van der Waals surface area contributed by atoms with Gasteiger partial charge in [-0.15, -0.1) is 0 Å². The van der Waals surface area contributed by atoms with Crippen LogP contribution in [0.3, 0.4) is 0 Å². The molecule has 0 atom stereocenters.